The molecular weight excluding hydrogens is 324 g/mol. The fourth-order valence-electron chi connectivity index (χ4n) is 3.38. The van der Waals surface area contributed by atoms with Crippen LogP contribution in [0.5, 0.6) is 5.75 Å². The summed E-state index contributed by atoms with van der Waals surface area (Å²) in [6.07, 6.45) is 4.28. The predicted octanol–water partition coefficient (Wildman–Crippen LogP) is 4.33. The van der Waals surface area contributed by atoms with Gasteiger partial charge in [-0.15, -0.1) is 0 Å². The summed E-state index contributed by atoms with van der Waals surface area (Å²) in [5.74, 6) is 0.887. The van der Waals surface area contributed by atoms with E-state index in [2.05, 4.69) is 71.2 Å². The Bertz CT molecular complexity index is 853. The summed E-state index contributed by atoms with van der Waals surface area (Å²) in [4.78, 5) is 2.37. The summed E-state index contributed by atoms with van der Waals surface area (Å²) in [7, 11) is 1.69. The second kappa shape index (κ2) is 7.36. The number of benzene rings is 2. The first kappa shape index (κ1) is 16.9. The molecule has 1 aromatic heterocycles. The summed E-state index contributed by atoms with van der Waals surface area (Å²) >= 11 is 0. The molecule has 0 radical (unpaired) electrons. The van der Waals surface area contributed by atoms with Crippen molar-refractivity contribution in [1.82, 2.24) is 9.47 Å². The van der Waals surface area contributed by atoms with Crippen molar-refractivity contribution in [3.63, 3.8) is 0 Å². The minimum atomic E-state index is 0.00352. The van der Waals surface area contributed by atoms with Crippen LogP contribution in [-0.4, -0.2) is 29.7 Å². The van der Waals surface area contributed by atoms with Gasteiger partial charge in [0.05, 0.1) is 13.7 Å². The molecule has 1 unspecified atom stereocenters. The third-order valence-corrected chi connectivity index (χ3v) is 4.86. The summed E-state index contributed by atoms with van der Waals surface area (Å²) in [5, 5.41) is 0. The minimum absolute atomic E-state index is 0.00352. The first-order valence-corrected chi connectivity index (χ1v) is 8.96. The van der Waals surface area contributed by atoms with E-state index >= 15 is 0 Å². The van der Waals surface area contributed by atoms with Gasteiger partial charge in [-0.2, -0.15) is 0 Å². The highest BCUT2D eigenvalue weighted by atomic mass is 16.5. The van der Waals surface area contributed by atoms with Crippen LogP contribution in [-0.2, 0) is 11.3 Å². The molecule has 0 amide bonds. The topological polar surface area (TPSA) is 26.6 Å². The number of rotatable bonds is 5. The van der Waals surface area contributed by atoms with Crippen molar-refractivity contribution in [3.8, 4) is 11.4 Å². The number of aromatic nitrogens is 1. The molecule has 4 nitrogen and oxygen atoms in total. The molecule has 1 fully saturated rings. The molecular formula is C22H24N2O2. The Morgan fingerprint density at radius 3 is 2.54 bits per heavy atom. The van der Waals surface area contributed by atoms with Crippen LogP contribution >= 0.6 is 0 Å². The molecule has 26 heavy (non-hydrogen) atoms. The molecule has 0 spiro atoms. The smallest absolute Gasteiger partial charge is 0.138 e. The Kier molecular flexibility index (Phi) is 4.78. The molecule has 0 bridgehead atoms. The molecule has 3 aromatic rings. The van der Waals surface area contributed by atoms with E-state index in [4.69, 9.17) is 9.47 Å². The quantitative estimate of drug-likeness (QED) is 0.687. The number of ether oxygens (including phenoxy) is 2. The highest BCUT2D eigenvalue weighted by molar-refractivity contribution is 5.36. The molecule has 0 saturated carbocycles. The Hall–Kier alpha value is -2.56. The monoisotopic (exact) mass is 348 g/mol. The lowest BCUT2D eigenvalue weighted by Crippen LogP contribution is -2.23. The van der Waals surface area contributed by atoms with Gasteiger partial charge < -0.3 is 14.0 Å². The molecule has 0 N–H and O–H groups in total. The number of hydrogen-bond donors (Lipinski definition) is 0. The first-order chi connectivity index (χ1) is 12.7. The maximum absolute atomic E-state index is 6.02. The van der Waals surface area contributed by atoms with E-state index in [1.807, 2.05) is 12.1 Å². The lowest BCUT2D eigenvalue weighted by atomic mass is 10.2. The van der Waals surface area contributed by atoms with E-state index in [0.29, 0.717) is 0 Å². The van der Waals surface area contributed by atoms with Crippen molar-refractivity contribution in [2.45, 2.75) is 19.7 Å². The van der Waals surface area contributed by atoms with Crippen molar-refractivity contribution < 1.29 is 9.47 Å². The fourth-order valence-corrected chi connectivity index (χ4v) is 3.38. The van der Waals surface area contributed by atoms with Gasteiger partial charge in [0, 0.05) is 36.7 Å². The van der Waals surface area contributed by atoms with Crippen molar-refractivity contribution in [3.05, 3.63) is 83.7 Å². The van der Waals surface area contributed by atoms with Gasteiger partial charge in [0.15, 0.2) is 0 Å². The molecule has 1 atom stereocenters. The zero-order valence-corrected chi connectivity index (χ0v) is 15.3. The van der Waals surface area contributed by atoms with Crippen LogP contribution in [0.3, 0.4) is 0 Å². The Labute approximate surface area is 154 Å². The molecule has 0 aliphatic carbocycles. The third kappa shape index (κ3) is 3.52. The van der Waals surface area contributed by atoms with Crippen LogP contribution in [0.2, 0.25) is 0 Å². The van der Waals surface area contributed by atoms with Gasteiger partial charge >= 0.3 is 0 Å². The van der Waals surface area contributed by atoms with Crippen molar-refractivity contribution in [2.24, 2.45) is 0 Å². The van der Waals surface area contributed by atoms with Crippen LogP contribution in [0.1, 0.15) is 22.9 Å². The second-order valence-corrected chi connectivity index (χ2v) is 6.73. The zero-order chi connectivity index (χ0) is 17.9. The minimum Gasteiger partial charge on any atom is -0.497 e. The standard InChI is InChI=1S/C22H24N2O2/c1-17-3-7-20(8-4-17)23-12-11-19(16-23)22-24(13-14-26-22)15-18-5-9-21(25-2)10-6-18/h3-12,16,22H,13-15H2,1-2H3. The average Bonchev–Trinajstić information content (AvgIpc) is 3.32. The van der Waals surface area contributed by atoms with E-state index in [9.17, 15) is 0 Å². The van der Waals surface area contributed by atoms with Gasteiger partial charge in [0.1, 0.15) is 12.0 Å². The number of nitrogens with zero attached hydrogens (tertiary/aromatic N) is 2. The van der Waals surface area contributed by atoms with Crippen molar-refractivity contribution >= 4 is 0 Å². The Morgan fingerprint density at radius 1 is 1.04 bits per heavy atom. The number of aryl methyl sites for hydroxylation is 1. The maximum Gasteiger partial charge on any atom is 0.138 e. The number of hydrogen-bond acceptors (Lipinski definition) is 3. The molecule has 1 saturated heterocycles. The largest absolute Gasteiger partial charge is 0.497 e. The maximum atomic E-state index is 6.02. The van der Waals surface area contributed by atoms with Crippen LogP contribution in [0.15, 0.2) is 67.0 Å². The van der Waals surface area contributed by atoms with Gasteiger partial charge in [-0.3, -0.25) is 4.90 Å². The van der Waals surface area contributed by atoms with E-state index in [1.54, 1.807) is 7.11 Å². The van der Waals surface area contributed by atoms with Gasteiger partial charge in [-0.05, 0) is 42.8 Å². The molecule has 2 heterocycles. The third-order valence-electron chi connectivity index (χ3n) is 4.86. The van der Waals surface area contributed by atoms with Crippen molar-refractivity contribution in [1.29, 1.82) is 0 Å². The molecule has 4 rings (SSSR count). The molecule has 1 aliphatic rings. The normalized spacial score (nSPS) is 17.5. The van der Waals surface area contributed by atoms with Gasteiger partial charge in [0.25, 0.3) is 0 Å². The average molecular weight is 348 g/mol. The molecule has 1 aliphatic heterocycles. The fraction of sp³-hybridized carbons (Fsp3) is 0.273. The summed E-state index contributed by atoms with van der Waals surface area (Å²) < 4.78 is 13.4. The lowest BCUT2D eigenvalue weighted by Gasteiger charge is -2.22. The zero-order valence-electron chi connectivity index (χ0n) is 15.3. The van der Waals surface area contributed by atoms with Crippen LogP contribution in [0.4, 0.5) is 0 Å². The summed E-state index contributed by atoms with van der Waals surface area (Å²) in [5.41, 5.74) is 4.89. The van der Waals surface area contributed by atoms with Crippen molar-refractivity contribution in [2.75, 3.05) is 20.3 Å². The lowest BCUT2D eigenvalue weighted by molar-refractivity contribution is 0.0288. The Balaban J connectivity index is 1.50. The molecule has 4 heteroatoms. The second-order valence-electron chi connectivity index (χ2n) is 6.73. The van der Waals surface area contributed by atoms with E-state index < -0.39 is 0 Å². The Morgan fingerprint density at radius 2 is 1.81 bits per heavy atom. The van der Waals surface area contributed by atoms with Gasteiger partial charge in [0.2, 0.25) is 0 Å². The van der Waals surface area contributed by atoms with Crippen LogP contribution in [0, 0.1) is 6.92 Å². The summed E-state index contributed by atoms with van der Waals surface area (Å²) in [6, 6.07) is 19.0. The number of methoxy groups -OCH3 is 1. The first-order valence-electron chi connectivity index (χ1n) is 8.96. The highest BCUT2D eigenvalue weighted by Gasteiger charge is 2.27. The SMILES string of the molecule is COc1ccc(CN2CCOC2c2ccn(-c3ccc(C)cc3)c2)cc1. The van der Waals surface area contributed by atoms with E-state index in [1.165, 1.54) is 22.4 Å². The highest BCUT2D eigenvalue weighted by Crippen LogP contribution is 2.29. The van der Waals surface area contributed by atoms with Gasteiger partial charge in [-0.25, -0.2) is 0 Å². The van der Waals surface area contributed by atoms with Crippen LogP contribution in [0.25, 0.3) is 5.69 Å². The molecule has 2 aromatic carbocycles. The van der Waals surface area contributed by atoms with E-state index in [0.717, 1.165) is 25.4 Å². The molecule has 134 valence electrons. The van der Waals surface area contributed by atoms with Crippen LogP contribution < -0.4 is 4.74 Å². The van der Waals surface area contributed by atoms with E-state index in [-0.39, 0.29) is 6.23 Å². The predicted molar refractivity (Wildman–Crippen MR) is 103 cm³/mol. The van der Waals surface area contributed by atoms with Gasteiger partial charge in [-0.1, -0.05) is 29.8 Å². The summed E-state index contributed by atoms with van der Waals surface area (Å²) in [6.45, 7) is 4.67.